The van der Waals surface area contributed by atoms with Gasteiger partial charge in [-0.1, -0.05) is 13.3 Å². The van der Waals surface area contributed by atoms with Crippen LogP contribution < -0.4 is 16.6 Å². The number of hydrogen-bond acceptors (Lipinski definition) is 6. The predicted octanol–water partition coefficient (Wildman–Crippen LogP) is 1.03. The van der Waals surface area contributed by atoms with E-state index in [0.29, 0.717) is 18.2 Å². The third-order valence-electron chi connectivity index (χ3n) is 2.65. The lowest BCUT2D eigenvalue weighted by molar-refractivity contribution is 0.0636. The number of anilines is 2. The standard InChI is InChI=1S/C11H21N5O/c1-4-5-11(3,17)6-13-9-8(2)10(16-12)15-7-14-9/h7,17H,4-6,12H2,1-3H3,(H2,13,14,15,16). The van der Waals surface area contributed by atoms with Crippen LogP contribution >= 0.6 is 0 Å². The summed E-state index contributed by atoms with van der Waals surface area (Å²) in [6.45, 7) is 6.16. The Morgan fingerprint density at radius 2 is 2.06 bits per heavy atom. The summed E-state index contributed by atoms with van der Waals surface area (Å²) in [5, 5.41) is 13.2. The molecule has 0 fully saturated rings. The molecule has 6 heteroatoms. The fourth-order valence-electron chi connectivity index (χ4n) is 1.67. The van der Waals surface area contributed by atoms with Crippen LogP contribution in [0.2, 0.25) is 0 Å². The number of nitrogen functional groups attached to an aromatic ring is 1. The highest BCUT2D eigenvalue weighted by molar-refractivity contribution is 5.55. The van der Waals surface area contributed by atoms with Gasteiger partial charge in [0.2, 0.25) is 0 Å². The van der Waals surface area contributed by atoms with E-state index in [1.54, 1.807) is 0 Å². The van der Waals surface area contributed by atoms with E-state index >= 15 is 0 Å². The highest BCUT2D eigenvalue weighted by Crippen LogP contribution is 2.19. The van der Waals surface area contributed by atoms with Gasteiger partial charge in [-0.3, -0.25) is 0 Å². The molecule has 5 N–H and O–H groups in total. The maximum absolute atomic E-state index is 10.0. The van der Waals surface area contributed by atoms with E-state index in [0.717, 1.165) is 18.4 Å². The average Bonchev–Trinajstić information content (AvgIpc) is 2.28. The second-order valence-electron chi connectivity index (χ2n) is 4.44. The van der Waals surface area contributed by atoms with Crippen LogP contribution in [-0.2, 0) is 0 Å². The highest BCUT2D eigenvalue weighted by atomic mass is 16.3. The largest absolute Gasteiger partial charge is 0.388 e. The van der Waals surface area contributed by atoms with Gasteiger partial charge in [-0.15, -0.1) is 0 Å². The quantitative estimate of drug-likeness (QED) is 0.437. The van der Waals surface area contributed by atoms with Crippen molar-refractivity contribution in [1.82, 2.24) is 9.97 Å². The molecule has 0 aliphatic rings. The van der Waals surface area contributed by atoms with E-state index < -0.39 is 5.60 Å². The van der Waals surface area contributed by atoms with Gasteiger partial charge in [-0.25, -0.2) is 15.8 Å². The number of hydrazine groups is 1. The van der Waals surface area contributed by atoms with Crippen molar-refractivity contribution in [3.05, 3.63) is 11.9 Å². The van der Waals surface area contributed by atoms with Crippen LogP contribution in [0.4, 0.5) is 11.6 Å². The van der Waals surface area contributed by atoms with Gasteiger partial charge < -0.3 is 15.8 Å². The summed E-state index contributed by atoms with van der Waals surface area (Å²) in [4.78, 5) is 8.11. The van der Waals surface area contributed by atoms with Crippen LogP contribution in [0.5, 0.6) is 0 Å². The second-order valence-corrected chi connectivity index (χ2v) is 4.44. The molecular formula is C11H21N5O. The van der Waals surface area contributed by atoms with Gasteiger partial charge in [-0.2, -0.15) is 0 Å². The Bertz CT molecular complexity index is 367. The summed E-state index contributed by atoms with van der Waals surface area (Å²) in [6.07, 6.45) is 3.11. The molecule has 0 bridgehead atoms. The molecule has 0 aliphatic carbocycles. The minimum atomic E-state index is -0.734. The van der Waals surface area contributed by atoms with Crippen LogP contribution in [0, 0.1) is 6.92 Å². The molecule has 1 unspecified atom stereocenters. The lowest BCUT2D eigenvalue weighted by Gasteiger charge is -2.23. The fourth-order valence-corrected chi connectivity index (χ4v) is 1.67. The summed E-state index contributed by atoms with van der Waals surface area (Å²) in [5.74, 6) is 6.60. The predicted molar refractivity (Wildman–Crippen MR) is 68.6 cm³/mol. The van der Waals surface area contributed by atoms with Crippen LogP contribution in [0.3, 0.4) is 0 Å². The number of nitrogens with one attached hydrogen (secondary N) is 2. The van der Waals surface area contributed by atoms with Gasteiger partial charge in [0, 0.05) is 12.1 Å². The Balaban J connectivity index is 2.69. The van der Waals surface area contributed by atoms with E-state index in [9.17, 15) is 5.11 Å². The van der Waals surface area contributed by atoms with Crippen molar-refractivity contribution in [2.75, 3.05) is 17.3 Å². The third-order valence-corrected chi connectivity index (χ3v) is 2.65. The summed E-state index contributed by atoms with van der Waals surface area (Å²) in [6, 6.07) is 0. The summed E-state index contributed by atoms with van der Waals surface area (Å²) >= 11 is 0. The Morgan fingerprint density at radius 1 is 1.41 bits per heavy atom. The minimum Gasteiger partial charge on any atom is -0.388 e. The first kappa shape index (κ1) is 13.7. The molecule has 0 saturated carbocycles. The van der Waals surface area contributed by atoms with Crippen molar-refractivity contribution < 1.29 is 5.11 Å². The number of nitrogens with two attached hydrogens (primary N) is 1. The highest BCUT2D eigenvalue weighted by Gasteiger charge is 2.19. The van der Waals surface area contributed by atoms with Gasteiger partial charge in [0.1, 0.15) is 18.0 Å². The molecule has 96 valence electrons. The zero-order valence-electron chi connectivity index (χ0n) is 10.6. The average molecular weight is 239 g/mol. The Morgan fingerprint density at radius 3 is 2.65 bits per heavy atom. The molecule has 1 aromatic heterocycles. The molecule has 1 atom stereocenters. The molecule has 1 aromatic rings. The molecule has 1 heterocycles. The van der Waals surface area contributed by atoms with Crippen molar-refractivity contribution in [3.8, 4) is 0 Å². The number of aromatic nitrogens is 2. The lowest BCUT2D eigenvalue weighted by Crippen LogP contribution is -2.33. The molecule has 0 aromatic carbocycles. The third kappa shape index (κ3) is 3.83. The van der Waals surface area contributed by atoms with E-state index in [1.165, 1.54) is 6.33 Å². The monoisotopic (exact) mass is 239 g/mol. The van der Waals surface area contributed by atoms with Crippen molar-refractivity contribution >= 4 is 11.6 Å². The number of hydrogen-bond donors (Lipinski definition) is 4. The summed E-state index contributed by atoms with van der Waals surface area (Å²) in [5.41, 5.74) is 2.61. The topological polar surface area (TPSA) is 96.1 Å². The number of nitrogens with zero attached hydrogens (tertiary/aromatic N) is 2. The van der Waals surface area contributed by atoms with E-state index in [-0.39, 0.29) is 0 Å². The zero-order chi connectivity index (χ0) is 12.9. The molecule has 0 radical (unpaired) electrons. The molecule has 0 aliphatic heterocycles. The maximum Gasteiger partial charge on any atom is 0.148 e. The van der Waals surface area contributed by atoms with Crippen LogP contribution in [0.15, 0.2) is 6.33 Å². The van der Waals surface area contributed by atoms with Gasteiger partial charge in [0.15, 0.2) is 0 Å². The minimum absolute atomic E-state index is 0.447. The summed E-state index contributed by atoms with van der Waals surface area (Å²) < 4.78 is 0. The SMILES string of the molecule is CCCC(C)(O)CNc1ncnc(NN)c1C. The van der Waals surface area contributed by atoms with E-state index in [4.69, 9.17) is 5.84 Å². The Hall–Kier alpha value is -1.40. The zero-order valence-corrected chi connectivity index (χ0v) is 10.6. The van der Waals surface area contributed by atoms with Crippen molar-refractivity contribution in [2.24, 2.45) is 5.84 Å². The molecule has 0 amide bonds. The van der Waals surface area contributed by atoms with Gasteiger partial charge in [0.05, 0.1) is 5.60 Å². The van der Waals surface area contributed by atoms with E-state index in [2.05, 4.69) is 20.7 Å². The van der Waals surface area contributed by atoms with Crippen LogP contribution in [-0.4, -0.2) is 27.2 Å². The van der Waals surface area contributed by atoms with Crippen LogP contribution in [0.25, 0.3) is 0 Å². The van der Waals surface area contributed by atoms with Crippen molar-refractivity contribution in [3.63, 3.8) is 0 Å². The second kappa shape index (κ2) is 5.79. The van der Waals surface area contributed by atoms with Crippen molar-refractivity contribution in [2.45, 2.75) is 39.2 Å². The number of aliphatic hydroxyl groups is 1. The smallest absolute Gasteiger partial charge is 0.148 e. The molecule has 1 rings (SSSR count). The van der Waals surface area contributed by atoms with Gasteiger partial charge in [0.25, 0.3) is 0 Å². The Kier molecular flexibility index (Phi) is 4.65. The fraction of sp³-hybridized carbons (Fsp3) is 0.636. The normalized spacial score (nSPS) is 14.2. The molecular weight excluding hydrogens is 218 g/mol. The molecule has 6 nitrogen and oxygen atoms in total. The molecule has 17 heavy (non-hydrogen) atoms. The van der Waals surface area contributed by atoms with Gasteiger partial charge in [-0.05, 0) is 20.3 Å². The van der Waals surface area contributed by atoms with Gasteiger partial charge >= 0.3 is 0 Å². The first-order chi connectivity index (χ1) is 8.00. The Labute approximate surface area is 102 Å². The molecule has 0 saturated heterocycles. The van der Waals surface area contributed by atoms with Crippen molar-refractivity contribution in [1.29, 1.82) is 0 Å². The lowest BCUT2D eigenvalue weighted by atomic mass is 10.0. The number of rotatable bonds is 6. The van der Waals surface area contributed by atoms with Crippen LogP contribution in [0.1, 0.15) is 32.3 Å². The summed E-state index contributed by atoms with van der Waals surface area (Å²) in [7, 11) is 0. The molecule has 0 spiro atoms. The maximum atomic E-state index is 10.0. The first-order valence-corrected chi connectivity index (χ1v) is 5.74. The van der Waals surface area contributed by atoms with E-state index in [1.807, 2.05) is 20.8 Å². The first-order valence-electron chi connectivity index (χ1n) is 5.74.